The molecule has 114 valence electrons. The normalized spacial score (nSPS) is 20.9. The predicted molar refractivity (Wildman–Crippen MR) is 79.4 cm³/mol. The molecule has 0 saturated heterocycles. The Hall–Kier alpha value is -2.04. The number of rotatable bonds is 1. The van der Waals surface area contributed by atoms with Gasteiger partial charge in [0.1, 0.15) is 11.5 Å². The molecule has 0 aromatic heterocycles. The molecule has 1 aliphatic heterocycles. The van der Waals surface area contributed by atoms with E-state index < -0.39 is 17.6 Å². The summed E-state index contributed by atoms with van der Waals surface area (Å²) in [6.45, 7) is 7.27. The Morgan fingerprint density at radius 1 is 1.19 bits per heavy atom. The van der Waals surface area contributed by atoms with Crippen molar-refractivity contribution >= 4 is 17.7 Å². The molecule has 0 aliphatic carbocycles. The third kappa shape index (κ3) is 2.86. The van der Waals surface area contributed by atoms with Gasteiger partial charge in [0, 0.05) is 0 Å². The molecule has 1 aromatic carbocycles. The Kier molecular flexibility index (Phi) is 3.94. The third-order valence-corrected chi connectivity index (χ3v) is 3.47. The number of nitrogens with zero attached hydrogens (tertiary/aromatic N) is 1. The minimum atomic E-state index is -0.588. The van der Waals surface area contributed by atoms with E-state index in [4.69, 9.17) is 9.47 Å². The van der Waals surface area contributed by atoms with Gasteiger partial charge >= 0.3 is 12.1 Å². The van der Waals surface area contributed by atoms with Gasteiger partial charge in [-0.2, -0.15) is 0 Å². The number of carbonyl (C=O) groups is 2. The van der Waals surface area contributed by atoms with Gasteiger partial charge < -0.3 is 9.47 Å². The molecule has 0 spiro atoms. The van der Waals surface area contributed by atoms with Crippen molar-refractivity contribution in [2.24, 2.45) is 0 Å². The Morgan fingerprint density at radius 2 is 1.81 bits per heavy atom. The fourth-order valence-electron chi connectivity index (χ4n) is 2.62. The third-order valence-electron chi connectivity index (χ3n) is 3.47. The second-order valence-electron chi connectivity index (χ2n) is 6.15. The van der Waals surface area contributed by atoms with Crippen LogP contribution in [-0.4, -0.2) is 30.8 Å². The molecule has 0 fully saturated rings. The van der Waals surface area contributed by atoms with Crippen LogP contribution >= 0.6 is 0 Å². The summed E-state index contributed by atoms with van der Waals surface area (Å²) in [5.41, 5.74) is 0.909. The first-order valence-electron chi connectivity index (χ1n) is 6.95. The fourth-order valence-corrected chi connectivity index (χ4v) is 2.62. The van der Waals surface area contributed by atoms with Crippen LogP contribution in [0.2, 0.25) is 0 Å². The SMILES string of the molecule is COC(=O)C1c2ccccc2N(C(=O)OC(C)(C)C)C1C. The van der Waals surface area contributed by atoms with E-state index in [1.807, 2.05) is 52.0 Å². The molecule has 5 nitrogen and oxygen atoms in total. The van der Waals surface area contributed by atoms with Crippen molar-refractivity contribution < 1.29 is 19.1 Å². The van der Waals surface area contributed by atoms with Gasteiger partial charge in [0.2, 0.25) is 0 Å². The highest BCUT2D eigenvalue weighted by molar-refractivity contribution is 5.96. The number of benzene rings is 1. The van der Waals surface area contributed by atoms with Crippen LogP contribution in [0.4, 0.5) is 10.5 Å². The van der Waals surface area contributed by atoms with E-state index in [0.29, 0.717) is 5.69 Å². The summed E-state index contributed by atoms with van der Waals surface area (Å²) in [5.74, 6) is -0.834. The second kappa shape index (κ2) is 5.39. The van der Waals surface area contributed by atoms with E-state index in [0.717, 1.165) is 5.56 Å². The quantitative estimate of drug-likeness (QED) is 0.746. The average Bonchev–Trinajstić information content (AvgIpc) is 2.68. The number of carbonyl (C=O) groups excluding carboxylic acids is 2. The number of methoxy groups -OCH3 is 1. The number of fused-ring (bicyclic) bond motifs is 1. The Labute approximate surface area is 124 Å². The van der Waals surface area contributed by atoms with Crippen molar-refractivity contribution in [3.8, 4) is 0 Å². The van der Waals surface area contributed by atoms with Crippen LogP contribution in [-0.2, 0) is 14.3 Å². The Bertz CT molecular complexity index is 562. The Balaban J connectivity index is 2.40. The van der Waals surface area contributed by atoms with Gasteiger partial charge in [0.05, 0.1) is 18.8 Å². The largest absolute Gasteiger partial charge is 0.468 e. The molecule has 1 amide bonds. The number of anilines is 1. The maximum Gasteiger partial charge on any atom is 0.415 e. The molecule has 1 aromatic rings. The van der Waals surface area contributed by atoms with Gasteiger partial charge in [-0.25, -0.2) is 4.79 Å². The molecule has 21 heavy (non-hydrogen) atoms. The zero-order valence-electron chi connectivity index (χ0n) is 13.0. The summed E-state index contributed by atoms with van der Waals surface area (Å²) >= 11 is 0. The standard InChI is InChI=1S/C16H21NO4/c1-10-13(14(18)20-5)11-8-6-7-9-12(11)17(10)15(19)21-16(2,3)4/h6-10,13H,1-5H3. The van der Waals surface area contributed by atoms with Crippen molar-refractivity contribution in [1.82, 2.24) is 0 Å². The molecule has 0 saturated carbocycles. The molecule has 2 unspecified atom stereocenters. The number of hydrogen-bond acceptors (Lipinski definition) is 4. The first-order chi connectivity index (χ1) is 9.76. The van der Waals surface area contributed by atoms with Gasteiger partial charge in [-0.15, -0.1) is 0 Å². The number of para-hydroxylation sites is 1. The number of hydrogen-bond donors (Lipinski definition) is 0. The maximum atomic E-state index is 12.4. The van der Waals surface area contributed by atoms with Gasteiger partial charge in [0.25, 0.3) is 0 Å². The van der Waals surface area contributed by atoms with Gasteiger partial charge in [-0.3, -0.25) is 9.69 Å². The topological polar surface area (TPSA) is 55.8 Å². The van der Waals surface area contributed by atoms with Gasteiger partial charge in [-0.1, -0.05) is 18.2 Å². The molecule has 2 atom stereocenters. The van der Waals surface area contributed by atoms with E-state index in [1.165, 1.54) is 12.0 Å². The maximum absolute atomic E-state index is 12.4. The van der Waals surface area contributed by atoms with Crippen LogP contribution in [0.25, 0.3) is 0 Å². The van der Waals surface area contributed by atoms with E-state index in [2.05, 4.69) is 0 Å². The second-order valence-corrected chi connectivity index (χ2v) is 6.15. The molecule has 0 N–H and O–H groups in total. The first-order valence-corrected chi connectivity index (χ1v) is 6.95. The lowest BCUT2D eigenvalue weighted by Gasteiger charge is -2.28. The lowest BCUT2D eigenvalue weighted by atomic mass is 9.96. The van der Waals surface area contributed by atoms with Crippen LogP contribution < -0.4 is 4.90 Å². The number of esters is 1. The Morgan fingerprint density at radius 3 is 2.38 bits per heavy atom. The highest BCUT2D eigenvalue weighted by Gasteiger charge is 2.44. The minimum Gasteiger partial charge on any atom is -0.468 e. The first kappa shape index (κ1) is 15.4. The monoisotopic (exact) mass is 291 g/mol. The molecular weight excluding hydrogens is 270 g/mol. The summed E-state index contributed by atoms with van der Waals surface area (Å²) in [6.07, 6.45) is -0.450. The molecule has 1 aliphatic rings. The van der Waals surface area contributed by atoms with E-state index in [1.54, 1.807) is 0 Å². The van der Waals surface area contributed by atoms with Crippen molar-refractivity contribution in [3.63, 3.8) is 0 Å². The number of amides is 1. The fraction of sp³-hybridized carbons (Fsp3) is 0.500. The van der Waals surface area contributed by atoms with E-state index >= 15 is 0 Å². The predicted octanol–water partition coefficient (Wildman–Crippen LogP) is 3.09. The van der Waals surface area contributed by atoms with Crippen molar-refractivity contribution in [2.45, 2.75) is 45.3 Å². The number of ether oxygens (including phenoxy) is 2. The van der Waals surface area contributed by atoms with Crippen molar-refractivity contribution in [1.29, 1.82) is 0 Å². The summed E-state index contributed by atoms with van der Waals surface area (Å²) in [5, 5.41) is 0. The summed E-state index contributed by atoms with van der Waals surface area (Å²) < 4.78 is 10.3. The molecule has 2 rings (SSSR count). The molecule has 5 heteroatoms. The molecule has 1 heterocycles. The lowest BCUT2D eigenvalue weighted by Crippen LogP contribution is -2.42. The summed E-state index contributed by atoms with van der Waals surface area (Å²) in [4.78, 5) is 26.0. The average molecular weight is 291 g/mol. The minimum absolute atomic E-state index is 0.343. The van der Waals surface area contributed by atoms with Crippen LogP contribution in [0.1, 0.15) is 39.2 Å². The van der Waals surface area contributed by atoms with Crippen molar-refractivity contribution in [2.75, 3.05) is 12.0 Å². The zero-order valence-corrected chi connectivity index (χ0v) is 13.0. The zero-order chi connectivity index (χ0) is 15.8. The van der Waals surface area contributed by atoms with E-state index in [9.17, 15) is 9.59 Å². The van der Waals surface area contributed by atoms with Crippen LogP contribution in [0.15, 0.2) is 24.3 Å². The molecular formula is C16H21NO4. The van der Waals surface area contributed by atoms with Gasteiger partial charge in [-0.05, 0) is 39.3 Å². The van der Waals surface area contributed by atoms with E-state index in [-0.39, 0.29) is 12.0 Å². The van der Waals surface area contributed by atoms with Crippen LogP contribution in [0.3, 0.4) is 0 Å². The van der Waals surface area contributed by atoms with Crippen molar-refractivity contribution in [3.05, 3.63) is 29.8 Å². The van der Waals surface area contributed by atoms with Gasteiger partial charge in [0.15, 0.2) is 0 Å². The van der Waals surface area contributed by atoms with Crippen LogP contribution in [0, 0.1) is 0 Å². The van der Waals surface area contributed by atoms with Crippen LogP contribution in [0.5, 0.6) is 0 Å². The lowest BCUT2D eigenvalue weighted by molar-refractivity contribution is -0.142. The molecule has 0 bridgehead atoms. The smallest absolute Gasteiger partial charge is 0.415 e. The molecule has 0 radical (unpaired) electrons. The highest BCUT2D eigenvalue weighted by Crippen LogP contribution is 2.42. The highest BCUT2D eigenvalue weighted by atomic mass is 16.6. The summed E-state index contributed by atoms with van der Waals surface area (Å²) in [7, 11) is 1.35. The summed E-state index contributed by atoms with van der Waals surface area (Å²) in [6, 6.07) is 7.00.